The van der Waals surface area contributed by atoms with Crippen LogP contribution in [0.15, 0.2) is 48.5 Å². The lowest BCUT2D eigenvalue weighted by molar-refractivity contribution is -0.114. The number of halogens is 1. The number of nitrogens with one attached hydrogen (secondary N) is 2. The Morgan fingerprint density at radius 3 is 2.41 bits per heavy atom. The smallest absolute Gasteiger partial charge is 0.317 e. The Morgan fingerprint density at radius 2 is 1.74 bits per heavy atom. The minimum Gasteiger partial charge on any atom is -0.368 e. The lowest BCUT2D eigenvalue weighted by atomic mass is 10.2. The largest absolute Gasteiger partial charge is 0.368 e. The third-order valence-corrected chi connectivity index (χ3v) is 4.71. The van der Waals surface area contributed by atoms with Crippen LogP contribution in [-0.4, -0.2) is 43.0 Å². The van der Waals surface area contributed by atoms with E-state index in [-0.39, 0.29) is 11.9 Å². The maximum absolute atomic E-state index is 12.4. The summed E-state index contributed by atoms with van der Waals surface area (Å²) in [6, 6.07) is 15.1. The van der Waals surface area contributed by atoms with E-state index in [1.807, 2.05) is 53.4 Å². The quantitative estimate of drug-likeness (QED) is 0.847. The average molecular weight is 387 g/mol. The van der Waals surface area contributed by atoms with Gasteiger partial charge in [-0.05, 0) is 35.9 Å². The number of rotatable bonds is 4. The Bertz CT molecular complexity index is 802. The number of piperazine rings is 1. The Morgan fingerprint density at radius 1 is 1.04 bits per heavy atom. The molecule has 3 rings (SSSR count). The molecule has 0 bridgehead atoms. The Balaban J connectivity index is 1.50. The van der Waals surface area contributed by atoms with E-state index in [0.717, 1.165) is 30.0 Å². The van der Waals surface area contributed by atoms with Crippen LogP contribution < -0.4 is 15.5 Å². The molecule has 1 heterocycles. The van der Waals surface area contributed by atoms with Gasteiger partial charge in [-0.15, -0.1) is 0 Å². The zero-order valence-corrected chi connectivity index (χ0v) is 16.0. The molecule has 0 aliphatic carbocycles. The molecule has 0 unspecified atom stereocenters. The SMILES string of the molecule is CC(=O)Nc1cccc(N2CCN(C(=O)NCc3ccc(Cl)cc3)CC2)c1. The van der Waals surface area contributed by atoms with Crippen LogP contribution in [-0.2, 0) is 11.3 Å². The summed E-state index contributed by atoms with van der Waals surface area (Å²) >= 11 is 5.87. The topological polar surface area (TPSA) is 64.7 Å². The van der Waals surface area contributed by atoms with Crippen molar-refractivity contribution in [2.45, 2.75) is 13.5 Å². The Hall–Kier alpha value is -2.73. The lowest BCUT2D eigenvalue weighted by Crippen LogP contribution is -2.51. The van der Waals surface area contributed by atoms with Gasteiger partial charge in [0.15, 0.2) is 0 Å². The van der Waals surface area contributed by atoms with Crippen molar-refractivity contribution in [2.75, 3.05) is 36.4 Å². The fourth-order valence-corrected chi connectivity index (χ4v) is 3.17. The number of anilines is 2. The predicted octanol–water partition coefficient (Wildman–Crippen LogP) is 3.33. The van der Waals surface area contributed by atoms with Gasteiger partial charge in [0.25, 0.3) is 0 Å². The van der Waals surface area contributed by atoms with Crippen LogP contribution in [0.25, 0.3) is 0 Å². The van der Waals surface area contributed by atoms with E-state index < -0.39 is 0 Å². The highest BCUT2D eigenvalue weighted by atomic mass is 35.5. The molecule has 1 saturated heterocycles. The minimum absolute atomic E-state index is 0.0587. The van der Waals surface area contributed by atoms with E-state index in [0.29, 0.717) is 24.7 Å². The van der Waals surface area contributed by atoms with E-state index in [9.17, 15) is 9.59 Å². The second kappa shape index (κ2) is 8.77. The highest BCUT2D eigenvalue weighted by Crippen LogP contribution is 2.21. The van der Waals surface area contributed by atoms with Crippen molar-refractivity contribution in [2.24, 2.45) is 0 Å². The van der Waals surface area contributed by atoms with Crippen LogP contribution in [0, 0.1) is 0 Å². The van der Waals surface area contributed by atoms with Gasteiger partial charge in [0.1, 0.15) is 0 Å². The summed E-state index contributed by atoms with van der Waals surface area (Å²) in [6.45, 7) is 4.77. The third-order valence-electron chi connectivity index (χ3n) is 4.46. The summed E-state index contributed by atoms with van der Waals surface area (Å²) in [7, 11) is 0. The molecular weight excluding hydrogens is 364 g/mol. The molecule has 0 spiro atoms. The van der Waals surface area contributed by atoms with Crippen molar-refractivity contribution in [3.05, 3.63) is 59.1 Å². The van der Waals surface area contributed by atoms with Gasteiger partial charge in [-0.1, -0.05) is 29.8 Å². The molecule has 0 atom stereocenters. The molecule has 1 fully saturated rings. The van der Waals surface area contributed by atoms with Crippen molar-refractivity contribution < 1.29 is 9.59 Å². The van der Waals surface area contributed by atoms with Crippen molar-refractivity contribution in [1.29, 1.82) is 0 Å². The first-order valence-electron chi connectivity index (χ1n) is 8.91. The first-order chi connectivity index (χ1) is 13.0. The fraction of sp³-hybridized carbons (Fsp3) is 0.300. The number of hydrogen-bond acceptors (Lipinski definition) is 3. The molecule has 0 saturated carbocycles. The van der Waals surface area contributed by atoms with Crippen LogP contribution in [0.4, 0.5) is 16.2 Å². The maximum Gasteiger partial charge on any atom is 0.317 e. The second-order valence-corrected chi connectivity index (χ2v) is 6.93. The molecule has 7 heteroatoms. The van der Waals surface area contributed by atoms with E-state index >= 15 is 0 Å². The van der Waals surface area contributed by atoms with Gasteiger partial charge >= 0.3 is 6.03 Å². The summed E-state index contributed by atoms with van der Waals surface area (Å²) in [5.74, 6) is -0.0886. The molecule has 1 aliphatic heterocycles. The van der Waals surface area contributed by atoms with Gasteiger partial charge in [0.2, 0.25) is 5.91 Å². The number of carbonyl (C=O) groups excluding carboxylic acids is 2. The number of hydrogen-bond donors (Lipinski definition) is 2. The molecule has 3 amide bonds. The molecular formula is C20H23ClN4O2. The summed E-state index contributed by atoms with van der Waals surface area (Å²) in [4.78, 5) is 27.6. The number of nitrogens with zero attached hydrogens (tertiary/aromatic N) is 2. The van der Waals surface area contributed by atoms with Gasteiger partial charge in [-0.3, -0.25) is 4.79 Å². The standard InChI is InChI=1S/C20H23ClN4O2/c1-15(26)23-18-3-2-4-19(13-18)24-9-11-25(12-10-24)20(27)22-14-16-5-7-17(21)8-6-16/h2-8,13H,9-12,14H2,1H3,(H,22,27)(H,23,26). The van der Waals surface area contributed by atoms with Crippen LogP contribution in [0.5, 0.6) is 0 Å². The Kier molecular flexibility index (Phi) is 6.19. The van der Waals surface area contributed by atoms with E-state index in [2.05, 4.69) is 15.5 Å². The summed E-state index contributed by atoms with van der Waals surface area (Å²) in [5, 5.41) is 6.43. The predicted molar refractivity (Wildman–Crippen MR) is 108 cm³/mol. The van der Waals surface area contributed by atoms with Crippen molar-refractivity contribution in [3.8, 4) is 0 Å². The van der Waals surface area contributed by atoms with Crippen molar-refractivity contribution in [3.63, 3.8) is 0 Å². The van der Waals surface area contributed by atoms with Crippen molar-refractivity contribution >= 4 is 34.9 Å². The van der Waals surface area contributed by atoms with Crippen LogP contribution in [0.1, 0.15) is 12.5 Å². The number of urea groups is 1. The summed E-state index contributed by atoms with van der Waals surface area (Å²) < 4.78 is 0. The third kappa shape index (κ3) is 5.37. The van der Waals surface area contributed by atoms with Crippen molar-refractivity contribution in [1.82, 2.24) is 10.2 Å². The lowest BCUT2D eigenvalue weighted by Gasteiger charge is -2.36. The summed E-state index contributed by atoms with van der Waals surface area (Å²) in [6.07, 6.45) is 0. The van der Waals surface area contributed by atoms with E-state index in [1.165, 1.54) is 6.92 Å². The first-order valence-corrected chi connectivity index (χ1v) is 9.29. The van der Waals surface area contributed by atoms with E-state index in [4.69, 9.17) is 11.6 Å². The molecule has 0 aromatic heterocycles. The second-order valence-electron chi connectivity index (χ2n) is 6.49. The van der Waals surface area contributed by atoms with Crippen LogP contribution in [0.3, 0.4) is 0 Å². The maximum atomic E-state index is 12.4. The normalized spacial score (nSPS) is 14.0. The van der Waals surface area contributed by atoms with Gasteiger partial charge in [-0.2, -0.15) is 0 Å². The number of amides is 3. The van der Waals surface area contributed by atoms with E-state index in [1.54, 1.807) is 0 Å². The summed E-state index contributed by atoms with van der Waals surface area (Å²) in [5.41, 5.74) is 2.84. The zero-order chi connectivity index (χ0) is 19.2. The number of carbonyl (C=O) groups is 2. The van der Waals surface area contributed by atoms with Gasteiger partial charge in [0.05, 0.1) is 0 Å². The molecule has 6 nitrogen and oxygen atoms in total. The highest BCUT2D eigenvalue weighted by molar-refractivity contribution is 6.30. The van der Waals surface area contributed by atoms with Gasteiger partial charge in [0, 0.05) is 56.0 Å². The molecule has 27 heavy (non-hydrogen) atoms. The highest BCUT2D eigenvalue weighted by Gasteiger charge is 2.21. The molecule has 142 valence electrons. The van der Waals surface area contributed by atoms with Gasteiger partial charge < -0.3 is 20.4 Å². The molecule has 0 radical (unpaired) electrons. The Labute approximate surface area is 164 Å². The molecule has 1 aliphatic rings. The zero-order valence-electron chi connectivity index (χ0n) is 15.2. The van der Waals surface area contributed by atoms with Crippen LogP contribution >= 0.6 is 11.6 Å². The molecule has 2 N–H and O–H groups in total. The first kappa shape index (κ1) is 19.0. The average Bonchev–Trinajstić information content (AvgIpc) is 2.67. The van der Waals surface area contributed by atoms with Gasteiger partial charge in [-0.25, -0.2) is 4.79 Å². The van der Waals surface area contributed by atoms with Crippen LogP contribution in [0.2, 0.25) is 5.02 Å². The fourth-order valence-electron chi connectivity index (χ4n) is 3.04. The minimum atomic E-state index is -0.0886. The molecule has 2 aromatic carbocycles. The molecule has 2 aromatic rings. The monoisotopic (exact) mass is 386 g/mol. The number of benzene rings is 2.